The fraction of sp³-hybridized carbons (Fsp3) is 0.625. The second-order valence-electron chi connectivity index (χ2n) is 5.98. The highest BCUT2D eigenvalue weighted by Gasteiger charge is 2.24. The summed E-state index contributed by atoms with van der Waals surface area (Å²) in [6, 6.07) is 4.71. The van der Waals surface area contributed by atoms with Gasteiger partial charge in [-0.3, -0.25) is 0 Å². The van der Waals surface area contributed by atoms with Crippen LogP contribution in [0.2, 0.25) is 0 Å². The molecule has 1 heterocycles. The largest absolute Gasteiger partial charge is 0.312 e. The molecule has 2 atom stereocenters. The van der Waals surface area contributed by atoms with Crippen molar-refractivity contribution >= 4 is 0 Å². The molecule has 2 rings (SSSR count). The first-order chi connectivity index (χ1) is 10.0. The van der Waals surface area contributed by atoms with E-state index in [4.69, 9.17) is 0 Å². The molecule has 0 saturated carbocycles. The average Bonchev–Trinajstić information content (AvgIpc) is 2.85. The highest BCUT2D eigenvalue weighted by Crippen LogP contribution is 2.21. The molecular formula is C16H25F2N3. The smallest absolute Gasteiger partial charge is 0.163 e. The monoisotopic (exact) mass is 297 g/mol. The third kappa shape index (κ3) is 3.99. The second-order valence-corrected chi connectivity index (χ2v) is 5.98. The maximum absolute atomic E-state index is 13.9. The summed E-state index contributed by atoms with van der Waals surface area (Å²) in [5.41, 5.74) is 0.393. The van der Waals surface area contributed by atoms with Crippen LogP contribution < -0.4 is 5.32 Å². The quantitative estimate of drug-likeness (QED) is 0.869. The Hall–Kier alpha value is -1.04. The first-order valence-corrected chi connectivity index (χ1v) is 7.53. The number of nitrogens with one attached hydrogen (secondary N) is 1. The van der Waals surface area contributed by atoms with Crippen LogP contribution in [0.5, 0.6) is 0 Å². The lowest BCUT2D eigenvalue weighted by Crippen LogP contribution is -2.40. The minimum atomic E-state index is -0.786. The Labute approximate surface area is 125 Å². The Morgan fingerprint density at radius 2 is 2.19 bits per heavy atom. The van der Waals surface area contributed by atoms with Gasteiger partial charge in [0.2, 0.25) is 0 Å². The summed E-state index contributed by atoms with van der Waals surface area (Å²) in [4.78, 5) is 4.56. The van der Waals surface area contributed by atoms with Crippen LogP contribution in [0.15, 0.2) is 18.2 Å². The van der Waals surface area contributed by atoms with Crippen molar-refractivity contribution in [3.05, 3.63) is 35.4 Å². The van der Waals surface area contributed by atoms with Gasteiger partial charge in [-0.25, -0.2) is 8.78 Å². The minimum Gasteiger partial charge on any atom is -0.312 e. The Balaban J connectivity index is 1.99. The molecule has 0 radical (unpaired) electrons. The van der Waals surface area contributed by atoms with Gasteiger partial charge in [0.25, 0.3) is 0 Å². The van der Waals surface area contributed by atoms with Gasteiger partial charge in [-0.1, -0.05) is 12.1 Å². The number of likely N-dealkylation sites (N-methyl/N-ethyl adjacent to an activating group) is 3. The Morgan fingerprint density at radius 1 is 1.43 bits per heavy atom. The van der Waals surface area contributed by atoms with Gasteiger partial charge >= 0.3 is 0 Å². The van der Waals surface area contributed by atoms with Crippen LogP contribution >= 0.6 is 0 Å². The first kappa shape index (κ1) is 16.3. The molecule has 1 fully saturated rings. The van der Waals surface area contributed by atoms with E-state index in [1.807, 2.05) is 7.05 Å². The van der Waals surface area contributed by atoms with Gasteiger partial charge in [0.05, 0.1) is 0 Å². The van der Waals surface area contributed by atoms with Crippen molar-refractivity contribution in [2.75, 3.05) is 40.8 Å². The molecule has 2 unspecified atom stereocenters. The summed E-state index contributed by atoms with van der Waals surface area (Å²) in [5.74, 6) is -1.53. The summed E-state index contributed by atoms with van der Waals surface area (Å²) < 4.78 is 27.3. The van der Waals surface area contributed by atoms with Crippen molar-refractivity contribution in [3.8, 4) is 0 Å². The molecule has 1 aromatic rings. The van der Waals surface area contributed by atoms with E-state index in [0.29, 0.717) is 18.2 Å². The lowest BCUT2D eigenvalue weighted by atomic mass is 10.1. The highest BCUT2D eigenvalue weighted by atomic mass is 19.2. The number of rotatable bonds is 6. The standard InChI is InChI=1S/C16H25F2N3/c1-19-15(13-7-4-8-14(17)16(13)18)11-20(2)10-12-6-5-9-21(12)3/h4,7-8,12,15,19H,5-6,9-11H2,1-3H3. The van der Waals surface area contributed by atoms with Gasteiger partial charge in [-0.15, -0.1) is 0 Å². The first-order valence-electron chi connectivity index (χ1n) is 7.53. The molecule has 0 aliphatic carbocycles. The normalized spacial score (nSPS) is 21.1. The fourth-order valence-electron chi connectivity index (χ4n) is 3.09. The molecule has 3 nitrogen and oxygen atoms in total. The van der Waals surface area contributed by atoms with Crippen LogP contribution in [0.4, 0.5) is 8.78 Å². The van der Waals surface area contributed by atoms with Gasteiger partial charge in [0.15, 0.2) is 11.6 Å². The second kappa shape index (κ2) is 7.29. The molecule has 5 heteroatoms. The average molecular weight is 297 g/mol. The topological polar surface area (TPSA) is 18.5 Å². The van der Waals surface area contributed by atoms with Crippen molar-refractivity contribution in [3.63, 3.8) is 0 Å². The Bertz CT molecular complexity index is 467. The lowest BCUT2D eigenvalue weighted by molar-refractivity contribution is 0.207. The molecule has 0 bridgehead atoms. The number of hydrogen-bond acceptors (Lipinski definition) is 3. The van der Waals surface area contributed by atoms with Crippen molar-refractivity contribution in [2.24, 2.45) is 0 Å². The van der Waals surface area contributed by atoms with Crippen molar-refractivity contribution < 1.29 is 8.78 Å². The Kier molecular flexibility index (Phi) is 5.67. The van der Waals surface area contributed by atoms with Crippen LogP contribution in [0.1, 0.15) is 24.4 Å². The molecule has 0 aromatic heterocycles. The molecule has 0 amide bonds. The van der Waals surface area contributed by atoms with E-state index in [1.165, 1.54) is 12.8 Å². The molecular weight excluding hydrogens is 272 g/mol. The highest BCUT2D eigenvalue weighted by molar-refractivity contribution is 5.22. The van der Waals surface area contributed by atoms with E-state index in [0.717, 1.165) is 19.2 Å². The zero-order valence-electron chi connectivity index (χ0n) is 13.1. The van der Waals surface area contributed by atoms with Crippen LogP contribution in [0.3, 0.4) is 0 Å². The third-order valence-corrected chi connectivity index (χ3v) is 4.39. The van der Waals surface area contributed by atoms with Crippen LogP contribution in [0, 0.1) is 11.6 Å². The fourth-order valence-corrected chi connectivity index (χ4v) is 3.09. The number of hydrogen-bond donors (Lipinski definition) is 1. The number of benzene rings is 1. The summed E-state index contributed by atoms with van der Waals surface area (Å²) in [5, 5.41) is 3.09. The van der Waals surface area contributed by atoms with Gasteiger partial charge in [0, 0.05) is 30.7 Å². The summed E-state index contributed by atoms with van der Waals surface area (Å²) in [7, 11) is 5.96. The van der Waals surface area contributed by atoms with E-state index in [-0.39, 0.29) is 6.04 Å². The van der Waals surface area contributed by atoms with Gasteiger partial charge in [-0.2, -0.15) is 0 Å². The van der Waals surface area contributed by atoms with E-state index < -0.39 is 11.6 Å². The van der Waals surface area contributed by atoms with Crippen molar-refractivity contribution in [1.29, 1.82) is 0 Å². The van der Waals surface area contributed by atoms with E-state index >= 15 is 0 Å². The van der Waals surface area contributed by atoms with Crippen molar-refractivity contribution in [2.45, 2.75) is 24.9 Å². The summed E-state index contributed by atoms with van der Waals surface area (Å²) in [6.07, 6.45) is 2.45. The summed E-state index contributed by atoms with van der Waals surface area (Å²) in [6.45, 7) is 2.75. The molecule has 0 spiro atoms. The van der Waals surface area contributed by atoms with Crippen molar-refractivity contribution in [1.82, 2.24) is 15.1 Å². The molecule has 1 aliphatic heterocycles. The van der Waals surface area contributed by atoms with Gasteiger partial charge < -0.3 is 15.1 Å². The van der Waals surface area contributed by atoms with Gasteiger partial charge in [0.1, 0.15) is 0 Å². The maximum atomic E-state index is 13.9. The predicted octanol–water partition coefficient (Wildman–Crippen LogP) is 2.25. The predicted molar refractivity (Wildman–Crippen MR) is 81.3 cm³/mol. The number of halogens is 2. The molecule has 118 valence electrons. The zero-order chi connectivity index (χ0) is 15.4. The number of likely N-dealkylation sites (tertiary alicyclic amines) is 1. The molecule has 1 N–H and O–H groups in total. The van der Waals surface area contributed by atoms with E-state index in [9.17, 15) is 8.78 Å². The lowest BCUT2D eigenvalue weighted by Gasteiger charge is -2.29. The van der Waals surface area contributed by atoms with Crippen LogP contribution in [0.25, 0.3) is 0 Å². The molecule has 1 saturated heterocycles. The zero-order valence-corrected chi connectivity index (χ0v) is 13.1. The number of nitrogens with zero attached hydrogens (tertiary/aromatic N) is 2. The molecule has 1 aliphatic rings. The SMILES string of the molecule is CNC(CN(C)CC1CCCN1C)c1cccc(F)c1F. The van der Waals surface area contributed by atoms with Crippen LogP contribution in [-0.2, 0) is 0 Å². The third-order valence-electron chi connectivity index (χ3n) is 4.39. The van der Waals surface area contributed by atoms with E-state index in [2.05, 4.69) is 22.2 Å². The summed E-state index contributed by atoms with van der Waals surface area (Å²) >= 11 is 0. The molecule has 1 aromatic carbocycles. The van der Waals surface area contributed by atoms with Gasteiger partial charge in [-0.05, 0) is 46.6 Å². The Morgan fingerprint density at radius 3 is 2.81 bits per heavy atom. The maximum Gasteiger partial charge on any atom is 0.163 e. The van der Waals surface area contributed by atoms with E-state index in [1.54, 1.807) is 19.2 Å². The minimum absolute atomic E-state index is 0.211. The molecule has 21 heavy (non-hydrogen) atoms. The van der Waals surface area contributed by atoms with Crippen LogP contribution in [-0.4, -0.2) is 56.6 Å².